The van der Waals surface area contributed by atoms with Crippen LogP contribution in [-0.2, 0) is 0 Å². The monoisotopic (exact) mass is 299 g/mol. The van der Waals surface area contributed by atoms with E-state index < -0.39 is 0 Å². The minimum Gasteiger partial charge on any atom is -0.375 e. The molecular formula is C16H17N3OS. The van der Waals surface area contributed by atoms with E-state index in [1.807, 2.05) is 25.1 Å². The maximum atomic E-state index is 11.9. The standard InChI is InChI=1S/C16H17N3OS/c1-10-4-3-5-12(8-10)14-7-6-13(9-11(14)2)15(20)18-19-16(17)21/h3-9H,1-2H3,(H,18,20)(H3,17,19,21). The molecule has 108 valence electrons. The van der Waals surface area contributed by atoms with Gasteiger partial charge in [0, 0.05) is 5.56 Å². The van der Waals surface area contributed by atoms with E-state index in [9.17, 15) is 4.79 Å². The first kappa shape index (κ1) is 15.0. The highest BCUT2D eigenvalue weighted by Crippen LogP contribution is 2.25. The molecule has 4 nitrogen and oxygen atoms in total. The van der Waals surface area contributed by atoms with Gasteiger partial charge >= 0.3 is 0 Å². The summed E-state index contributed by atoms with van der Waals surface area (Å²) in [6.45, 7) is 4.04. The van der Waals surface area contributed by atoms with Gasteiger partial charge in [-0.05, 0) is 54.9 Å². The Morgan fingerprint density at radius 2 is 1.86 bits per heavy atom. The zero-order valence-electron chi connectivity index (χ0n) is 11.9. The Balaban J connectivity index is 2.25. The van der Waals surface area contributed by atoms with Crippen LogP contribution in [0.2, 0.25) is 0 Å². The number of nitrogens with two attached hydrogens (primary N) is 1. The summed E-state index contributed by atoms with van der Waals surface area (Å²) in [7, 11) is 0. The van der Waals surface area contributed by atoms with E-state index in [-0.39, 0.29) is 11.0 Å². The lowest BCUT2D eigenvalue weighted by Crippen LogP contribution is -2.44. The summed E-state index contributed by atoms with van der Waals surface area (Å²) in [5, 5.41) is 0.0245. The quantitative estimate of drug-likeness (QED) is 0.588. The van der Waals surface area contributed by atoms with Crippen LogP contribution in [0.3, 0.4) is 0 Å². The maximum Gasteiger partial charge on any atom is 0.269 e. The molecule has 0 radical (unpaired) electrons. The van der Waals surface area contributed by atoms with Crippen molar-refractivity contribution >= 4 is 23.2 Å². The molecule has 2 aromatic rings. The van der Waals surface area contributed by atoms with Gasteiger partial charge < -0.3 is 5.73 Å². The largest absolute Gasteiger partial charge is 0.375 e. The molecule has 0 aliphatic carbocycles. The minimum absolute atomic E-state index is 0.0245. The second kappa shape index (κ2) is 6.37. The number of hydrogen-bond donors (Lipinski definition) is 3. The molecule has 0 bridgehead atoms. The number of benzene rings is 2. The number of carbonyl (C=O) groups is 1. The SMILES string of the molecule is Cc1cccc(-c2ccc(C(=O)NNC(N)=S)cc2C)c1. The number of thiocarbonyl (C=S) groups is 1. The van der Waals surface area contributed by atoms with Crippen molar-refractivity contribution in [2.45, 2.75) is 13.8 Å². The summed E-state index contributed by atoms with van der Waals surface area (Å²) in [6.07, 6.45) is 0. The topological polar surface area (TPSA) is 67.2 Å². The molecular weight excluding hydrogens is 282 g/mol. The Morgan fingerprint density at radius 1 is 1.10 bits per heavy atom. The highest BCUT2D eigenvalue weighted by atomic mass is 32.1. The lowest BCUT2D eigenvalue weighted by atomic mass is 9.97. The summed E-state index contributed by atoms with van der Waals surface area (Å²) >= 11 is 4.64. The number of rotatable bonds is 2. The number of amides is 1. The molecule has 4 N–H and O–H groups in total. The molecule has 0 saturated heterocycles. The maximum absolute atomic E-state index is 11.9. The molecule has 21 heavy (non-hydrogen) atoms. The number of aryl methyl sites for hydroxylation is 2. The van der Waals surface area contributed by atoms with E-state index in [1.54, 1.807) is 6.07 Å². The van der Waals surface area contributed by atoms with Crippen LogP contribution in [0.4, 0.5) is 0 Å². The van der Waals surface area contributed by atoms with E-state index >= 15 is 0 Å². The fourth-order valence-corrected chi connectivity index (χ4v) is 2.18. The van der Waals surface area contributed by atoms with Gasteiger partial charge in [0.15, 0.2) is 5.11 Å². The van der Waals surface area contributed by atoms with Crippen molar-refractivity contribution in [1.29, 1.82) is 0 Å². The summed E-state index contributed by atoms with van der Waals surface area (Å²) < 4.78 is 0. The van der Waals surface area contributed by atoms with Crippen molar-refractivity contribution in [3.05, 3.63) is 59.2 Å². The average Bonchev–Trinajstić information content (AvgIpc) is 2.44. The van der Waals surface area contributed by atoms with Crippen LogP contribution in [0.15, 0.2) is 42.5 Å². The van der Waals surface area contributed by atoms with Crippen LogP contribution < -0.4 is 16.6 Å². The number of nitrogens with one attached hydrogen (secondary N) is 2. The Morgan fingerprint density at radius 3 is 2.48 bits per heavy atom. The number of hydrogen-bond acceptors (Lipinski definition) is 2. The molecule has 0 aliphatic rings. The molecule has 5 heteroatoms. The van der Waals surface area contributed by atoms with Crippen LogP contribution in [0.1, 0.15) is 21.5 Å². The average molecular weight is 299 g/mol. The third-order valence-corrected chi connectivity index (χ3v) is 3.22. The Bertz CT molecular complexity index is 698. The van der Waals surface area contributed by atoms with Crippen LogP contribution in [0.5, 0.6) is 0 Å². The van der Waals surface area contributed by atoms with E-state index in [0.29, 0.717) is 5.56 Å². The third kappa shape index (κ3) is 3.79. The van der Waals surface area contributed by atoms with Gasteiger partial charge in [-0.1, -0.05) is 35.9 Å². The van der Waals surface area contributed by atoms with Gasteiger partial charge in [0.05, 0.1) is 0 Å². The summed E-state index contributed by atoms with van der Waals surface area (Å²) in [4.78, 5) is 11.9. The first-order valence-corrected chi connectivity index (χ1v) is 6.91. The fraction of sp³-hybridized carbons (Fsp3) is 0.125. The normalized spacial score (nSPS) is 10.0. The number of carbonyl (C=O) groups excluding carboxylic acids is 1. The molecule has 0 unspecified atom stereocenters. The molecule has 0 atom stereocenters. The van der Waals surface area contributed by atoms with Gasteiger partial charge in [-0.25, -0.2) is 0 Å². The second-order valence-corrected chi connectivity index (χ2v) is 5.28. The lowest BCUT2D eigenvalue weighted by molar-refractivity contribution is 0.0944. The van der Waals surface area contributed by atoms with E-state index in [2.05, 4.69) is 48.2 Å². The molecule has 0 saturated carbocycles. The summed E-state index contributed by atoms with van der Waals surface area (Å²) in [5.41, 5.74) is 15.2. The zero-order chi connectivity index (χ0) is 15.4. The van der Waals surface area contributed by atoms with Gasteiger partial charge in [-0.3, -0.25) is 15.6 Å². The lowest BCUT2D eigenvalue weighted by Gasteiger charge is -2.10. The Labute approximate surface area is 129 Å². The van der Waals surface area contributed by atoms with Gasteiger partial charge in [0.1, 0.15) is 0 Å². The zero-order valence-corrected chi connectivity index (χ0v) is 12.8. The third-order valence-electron chi connectivity index (χ3n) is 3.12. The van der Waals surface area contributed by atoms with E-state index in [0.717, 1.165) is 16.7 Å². The van der Waals surface area contributed by atoms with Crippen LogP contribution in [0.25, 0.3) is 11.1 Å². The highest BCUT2D eigenvalue weighted by Gasteiger charge is 2.08. The van der Waals surface area contributed by atoms with E-state index in [4.69, 9.17) is 5.73 Å². The van der Waals surface area contributed by atoms with Crippen molar-refractivity contribution in [3.8, 4) is 11.1 Å². The molecule has 1 amide bonds. The molecule has 0 spiro atoms. The molecule has 0 heterocycles. The first-order valence-electron chi connectivity index (χ1n) is 6.51. The van der Waals surface area contributed by atoms with Crippen molar-refractivity contribution in [1.82, 2.24) is 10.9 Å². The minimum atomic E-state index is -0.276. The molecule has 0 fully saturated rings. The van der Waals surface area contributed by atoms with Crippen molar-refractivity contribution in [2.24, 2.45) is 5.73 Å². The molecule has 2 rings (SSSR count). The van der Waals surface area contributed by atoms with Crippen molar-refractivity contribution in [2.75, 3.05) is 0 Å². The Kier molecular flexibility index (Phi) is 4.55. The predicted molar refractivity (Wildman–Crippen MR) is 88.7 cm³/mol. The molecule has 0 aromatic heterocycles. The summed E-state index contributed by atoms with van der Waals surface area (Å²) in [6, 6.07) is 13.8. The number of hydrazine groups is 1. The molecule has 2 aromatic carbocycles. The predicted octanol–water partition coefficient (Wildman–Crippen LogP) is 2.45. The van der Waals surface area contributed by atoms with Gasteiger partial charge in [-0.15, -0.1) is 0 Å². The smallest absolute Gasteiger partial charge is 0.269 e. The van der Waals surface area contributed by atoms with Gasteiger partial charge in [-0.2, -0.15) is 0 Å². The van der Waals surface area contributed by atoms with Crippen LogP contribution in [0, 0.1) is 13.8 Å². The van der Waals surface area contributed by atoms with E-state index in [1.165, 1.54) is 5.56 Å². The van der Waals surface area contributed by atoms with Crippen LogP contribution >= 0.6 is 12.2 Å². The summed E-state index contributed by atoms with van der Waals surface area (Å²) in [5.74, 6) is -0.276. The Hall–Kier alpha value is -2.40. The highest BCUT2D eigenvalue weighted by molar-refractivity contribution is 7.80. The van der Waals surface area contributed by atoms with Gasteiger partial charge in [0.25, 0.3) is 5.91 Å². The van der Waals surface area contributed by atoms with Crippen LogP contribution in [-0.4, -0.2) is 11.0 Å². The van der Waals surface area contributed by atoms with Crippen molar-refractivity contribution in [3.63, 3.8) is 0 Å². The fourth-order valence-electron chi connectivity index (χ4n) is 2.13. The van der Waals surface area contributed by atoms with Gasteiger partial charge in [0.2, 0.25) is 0 Å². The first-order chi connectivity index (χ1) is 9.97. The second-order valence-electron chi connectivity index (χ2n) is 4.84. The van der Waals surface area contributed by atoms with Crippen molar-refractivity contribution < 1.29 is 4.79 Å². The molecule has 0 aliphatic heterocycles.